The Hall–Kier alpha value is -2.88. The normalized spacial score (nSPS) is 10.8. The first-order valence-electron chi connectivity index (χ1n) is 7.79. The highest BCUT2D eigenvalue weighted by Gasteiger charge is 2.19. The van der Waals surface area contributed by atoms with Crippen LogP contribution in [0.5, 0.6) is 0 Å². The van der Waals surface area contributed by atoms with E-state index in [0.29, 0.717) is 11.1 Å². The van der Waals surface area contributed by atoms with Crippen molar-refractivity contribution in [3.63, 3.8) is 0 Å². The Kier molecular flexibility index (Phi) is 4.21. The molecule has 0 spiro atoms. The maximum Gasteiger partial charge on any atom is 0.340 e. The summed E-state index contributed by atoms with van der Waals surface area (Å²) in [7, 11) is 1.34. The van der Waals surface area contributed by atoms with Crippen LogP contribution >= 0.6 is 0 Å². The molecule has 0 amide bonds. The van der Waals surface area contributed by atoms with E-state index in [4.69, 9.17) is 4.74 Å². The molecule has 3 rings (SSSR count). The molecule has 1 heterocycles. The number of fused-ring (bicyclic) bond motifs is 1. The number of carbonyl (C=O) groups is 2. The smallest absolute Gasteiger partial charge is 0.340 e. The van der Waals surface area contributed by atoms with Crippen molar-refractivity contribution >= 4 is 22.8 Å². The summed E-state index contributed by atoms with van der Waals surface area (Å²) in [5.41, 5.74) is 4.32. The SMILES string of the molecule is COC(=O)c1cn(C(=O)Cc2cc(C)ccc2C)c2ccccc12. The number of methoxy groups -OCH3 is 1. The number of aryl methyl sites for hydroxylation is 2. The molecule has 3 aromatic rings. The van der Waals surface area contributed by atoms with Gasteiger partial charge in [-0.1, -0.05) is 42.0 Å². The van der Waals surface area contributed by atoms with E-state index >= 15 is 0 Å². The minimum Gasteiger partial charge on any atom is -0.465 e. The van der Waals surface area contributed by atoms with Crippen LogP contribution in [0.25, 0.3) is 10.9 Å². The third-order valence-corrected chi connectivity index (χ3v) is 4.23. The minimum atomic E-state index is -0.440. The summed E-state index contributed by atoms with van der Waals surface area (Å²) in [5, 5.41) is 0.721. The van der Waals surface area contributed by atoms with E-state index in [-0.39, 0.29) is 12.3 Å². The Morgan fingerprint density at radius 3 is 2.58 bits per heavy atom. The van der Waals surface area contributed by atoms with Gasteiger partial charge in [0.05, 0.1) is 24.6 Å². The number of ether oxygens (including phenoxy) is 1. The van der Waals surface area contributed by atoms with Crippen molar-refractivity contribution in [2.24, 2.45) is 0 Å². The zero-order valence-corrected chi connectivity index (χ0v) is 14.0. The fourth-order valence-electron chi connectivity index (χ4n) is 2.90. The van der Waals surface area contributed by atoms with Gasteiger partial charge in [0.25, 0.3) is 0 Å². The fraction of sp³-hybridized carbons (Fsp3) is 0.200. The maximum atomic E-state index is 12.8. The summed E-state index contributed by atoms with van der Waals surface area (Å²) < 4.78 is 6.37. The van der Waals surface area contributed by atoms with E-state index in [0.717, 1.165) is 22.1 Å². The molecule has 0 bridgehead atoms. The third-order valence-electron chi connectivity index (χ3n) is 4.23. The topological polar surface area (TPSA) is 48.3 Å². The number of esters is 1. The maximum absolute atomic E-state index is 12.8. The number of hydrogen-bond acceptors (Lipinski definition) is 3. The molecule has 0 aliphatic heterocycles. The van der Waals surface area contributed by atoms with Crippen molar-refractivity contribution in [2.75, 3.05) is 7.11 Å². The van der Waals surface area contributed by atoms with Gasteiger partial charge < -0.3 is 4.74 Å². The number of para-hydroxylation sites is 1. The summed E-state index contributed by atoms with van der Waals surface area (Å²) in [5.74, 6) is -0.514. The van der Waals surface area contributed by atoms with Crippen molar-refractivity contribution < 1.29 is 14.3 Å². The monoisotopic (exact) mass is 321 g/mol. The first-order chi connectivity index (χ1) is 11.5. The second kappa shape index (κ2) is 6.32. The minimum absolute atomic E-state index is 0.0740. The quantitative estimate of drug-likeness (QED) is 0.687. The molecule has 0 radical (unpaired) electrons. The second-order valence-corrected chi connectivity index (χ2v) is 5.92. The van der Waals surface area contributed by atoms with E-state index in [1.54, 1.807) is 10.8 Å². The zero-order valence-electron chi connectivity index (χ0n) is 14.0. The van der Waals surface area contributed by atoms with Crippen molar-refractivity contribution in [2.45, 2.75) is 20.3 Å². The lowest BCUT2D eigenvalue weighted by atomic mass is 10.0. The Bertz CT molecular complexity index is 937. The first kappa shape index (κ1) is 16.0. The Morgan fingerprint density at radius 2 is 1.83 bits per heavy atom. The average molecular weight is 321 g/mol. The standard InChI is InChI=1S/C20H19NO3/c1-13-8-9-14(2)15(10-13)11-19(22)21-12-17(20(23)24-3)16-6-4-5-7-18(16)21/h4-10,12H,11H2,1-3H3. The molecule has 0 N–H and O–H groups in total. The molecule has 0 saturated heterocycles. The number of benzene rings is 2. The average Bonchev–Trinajstić information content (AvgIpc) is 2.97. The summed E-state index contributed by atoms with van der Waals surface area (Å²) in [6.07, 6.45) is 1.86. The highest BCUT2D eigenvalue weighted by molar-refractivity contribution is 6.07. The lowest BCUT2D eigenvalue weighted by Gasteiger charge is -2.08. The number of hydrogen-bond donors (Lipinski definition) is 0. The molecule has 2 aromatic carbocycles. The number of nitrogens with zero attached hydrogens (tertiary/aromatic N) is 1. The Balaban J connectivity index is 2.04. The van der Waals surface area contributed by atoms with Crippen LogP contribution in [-0.4, -0.2) is 23.6 Å². The largest absolute Gasteiger partial charge is 0.465 e. The van der Waals surface area contributed by atoms with Crippen LogP contribution in [0.15, 0.2) is 48.7 Å². The third kappa shape index (κ3) is 2.83. The van der Waals surface area contributed by atoms with Crippen molar-refractivity contribution in [1.29, 1.82) is 0 Å². The Labute approximate surface area is 140 Å². The molecule has 1 aromatic heterocycles. The molecular formula is C20H19NO3. The number of carbonyl (C=O) groups excluding carboxylic acids is 2. The summed E-state index contributed by atoms with van der Waals surface area (Å²) in [4.78, 5) is 24.8. The van der Waals surface area contributed by atoms with Gasteiger partial charge in [-0.15, -0.1) is 0 Å². The Morgan fingerprint density at radius 1 is 1.08 bits per heavy atom. The van der Waals surface area contributed by atoms with Crippen molar-refractivity contribution in [3.05, 3.63) is 70.9 Å². The molecule has 0 atom stereocenters. The molecule has 24 heavy (non-hydrogen) atoms. The summed E-state index contributed by atoms with van der Waals surface area (Å²) in [6.45, 7) is 4.00. The lowest BCUT2D eigenvalue weighted by molar-refractivity contribution is 0.0603. The molecule has 122 valence electrons. The predicted octanol–water partition coefficient (Wildman–Crippen LogP) is 3.93. The van der Waals surface area contributed by atoms with Crippen LogP contribution in [0.1, 0.15) is 31.8 Å². The van der Waals surface area contributed by atoms with Crippen LogP contribution in [0.3, 0.4) is 0 Å². The summed E-state index contributed by atoms with van der Waals surface area (Å²) in [6, 6.07) is 13.4. The van der Waals surface area contributed by atoms with E-state index in [1.807, 2.05) is 56.3 Å². The summed E-state index contributed by atoms with van der Waals surface area (Å²) >= 11 is 0. The van der Waals surface area contributed by atoms with Gasteiger partial charge in [0.1, 0.15) is 0 Å². The molecule has 4 nitrogen and oxygen atoms in total. The van der Waals surface area contributed by atoms with Gasteiger partial charge in [0.15, 0.2) is 0 Å². The second-order valence-electron chi connectivity index (χ2n) is 5.92. The van der Waals surface area contributed by atoms with E-state index < -0.39 is 5.97 Å². The van der Waals surface area contributed by atoms with Crippen LogP contribution in [-0.2, 0) is 11.2 Å². The van der Waals surface area contributed by atoms with E-state index in [9.17, 15) is 9.59 Å². The molecule has 0 aliphatic rings. The number of rotatable bonds is 3. The van der Waals surface area contributed by atoms with Crippen molar-refractivity contribution in [1.82, 2.24) is 4.57 Å². The van der Waals surface area contributed by atoms with Gasteiger partial charge >= 0.3 is 5.97 Å². The molecule has 0 fully saturated rings. The van der Waals surface area contributed by atoms with Crippen LogP contribution < -0.4 is 0 Å². The van der Waals surface area contributed by atoms with Gasteiger partial charge in [-0.25, -0.2) is 4.79 Å². The van der Waals surface area contributed by atoms with Gasteiger partial charge in [-0.2, -0.15) is 0 Å². The first-order valence-corrected chi connectivity index (χ1v) is 7.79. The van der Waals surface area contributed by atoms with E-state index in [1.165, 1.54) is 7.11 Å². The van der Waals surface area contributed by atoms with Crippen LogP contribution in [0.4, 0.5) is 0 Å². The van der Waals surface area contributed by atoms with Gasteiger partial charge in [0, 0.05) is 11.6 Å². The highest BCUT2D eigenvalue weighted by atomic mass is 16.5. The molecule has 0 aliphatic carbocycles. The van der Waals surface area contributed by atoms with Crippen LogP contribution in [0.2, 0.25) is 0 Å². The van der Waals surface area contributed by atoms with Gasteiger partial charge in [0.2, 0.25) is 5.91 Å². The van der Waals surface area contributed by atoms with Gasteiger partial charge in [-0.3, -0.25) is 9.36 Å². The lowest BCUT2D eigenvalue weighted by Crippen LogP contribution is -2.13. The predicted molar refractivity (Wildman–Crippen MR) is 93.5 cm³/mol. The van der Waals surface area contributed by atoms with Gasteiger partial charge in [-0.05, 0) is 31.0 Å². The molecule has 0 unspecified atom stereocenters. The molecule has 4 heteroatoms. The fourth-order valence-corrected chi connectivity index (χ4v) is 2.90. The number of aromatic nitrogens is 1. The zero-order chi connectivity index (χ0) is 17.3. The van der Waals surface area contributed by atoms with Crippen molar-refractivity contribution in [3.8, 4) is 0 Å². The highest BCUT2D eigenvalue weighted by Crippen LogP contribution is 2.23. The van der Waals surface area contributed by atoms with E-state index in [2.05, 4.69) is 0 Å². The van der Waals surface area contributed by atoms with Crippen LogP contribution in [0, 0.1) is 13.8 Å². The molecule has 0 saturated carbocycles. The molecular weight excluding hydrogens is 302 g/mol.